The van der Waals surface area contributed by atoms with Crippen LogP contribution in [0.15, 0.2) is 30.4 Å². The van der Waals surface area contributed by atoms with Gasteiger partial charge in [0.05, 0.1) is 0 Å². The van der Waals surface area contributed by atoms with E-state index in [1.807, 2.05) is 39.0 Å². The Bertz CT molecular complexity index is 623. The van der Waals surface area contributed by atoms with Crippen molar-refractivity contribution in [2.24, 2.45) is 0 Å². The molecule has 0 heterocycles. The number of hydrazine groups is 1. The van der Waals surface area contributed by atoms with Crippen LogP contribution in [0, 0.1) is 6.92 Å². The van der Waals surface area contributed by atoms with Crippen molar-refractivity contribution in [1.29, 1.82) is 0 Å². The molecule has 124 valence electrons. The maximum Gasteiger partial charge on any atom is 0.328 e. The van der Waals surface area contributed by atoms with Gasteiger partial charge < -0.3 is 9.84 Å². The molecular formula is C16H20N2O5. The first-order chi connectivity index (χ1) is 10.8. The zero-order valence-corrected chi connectivity index (χ0v) is 13.3. The third kappa shape index (κ3) is 6.64. The molecule has 1 aromatic rings. The van der Waals surface area contributed by atoms with E-state index in [0.29, 0.717) is 11.8 Å². The molecule has 3 N–H and O–H groups in total. The number of amides is 2. The molecule has 0 aliphatic carbocycles. The third-order valence-corrected chi connectivity index (χ3v) is 2.85. The number of hydrogen-bond donors (Lipinski definition) is 3. The molecular weight excluding hydrogens is 300 g/mol. The van der Waals surface area contributed by atoms with Crippen molar-refractivity contribution >= 4 is 17.8 Å². The van der Waals surface area contributed by atoms with Crippen molar-refractivity contribution in [2.75, 3.05) is 6.61 Å². The highest BCUT2D eigenvalue weighted by Gasteiger charge is 2.10. The van der Waals surface area contributed by atoms with Crippen LogP contribution in [0.5, 0.6) is 5.75 Å². The molecule has 23 heavy (non-hydrogen) atoms. The van der Waals surface area contributed by atoms with Crippen molar-refractivity contribution in [1.82, 2.24) is 10.9 Å². The Morgan fingerprint density at radius 1 is 1.22 bits per heavy atom. The number of carbonyl (C=O) groups is 3. The molecule has 0 atom stereocenters. The van der Waals surface area contributed by atoms with Gasteiger partial charge in [0, 0.05) is 12.2 Å². The van der Waals surface area contributed by atoms with Gasteiger partial charge in [0.25, 0.3) is 11.8 Å². The van der Waals surface area contributed by atoms with Crippen molar-refractivity contribution < 1.29 is 24.2 Å². The minimum atomic E-state index is -1.25. The fraction of sp³-hybridized carbons (Fsp3) is 0.312. The number of aliphatic carboxylic acids is 1. The van der Waals surface area contributed by atoms with Crippen LogP contribution in [0.4, 0.5) is 0 Å². The summed E-state index contributed by atoms with van der Waals surface area (Å²) in [5, 5.41) is 8.37. The number of benzene rings is 1. The SMILES string of the molecule is Cc1ccc(C(C)C)c(OCC(=O)NNC(=O)C=CC(=O)O)c1. The van der Waals surface area contributed by atoms with Crippen molar-refractivity contribution in [2.45, 2.75) is 26.7 Å². The molecule has 0 fully saturated rings. The second-order valence-corrected chi connectivity index (χ2v) is 5.19. The lowest BCUT2D eigenvalue weighted by Gasteiger charge is -2.14. The topological polar surface area (TPSA) is 105 Å². The third-order valence-electron chi connectivity index (χ3n) is 2.85. The van der Waals surface area contributed by atoms with E-state index in [0.717, 1.165) is 17.2 Å². The molecule has 1 aromatic carbocycles. The number of carboxylic acids is 1. The Balaban J connectivity index is 2.52. The number of hydrogen-bond acceptors (Lipinski definition) is 4. The van der Waals surface area contributed by atoms with Gasteiger partial charge in [-0.05, 0) is 30.0 Å². The Kier molecular flexibility index (Phi) is 6.79. The standard InChI is InChI=1S/C16H20N2O5/c1-10(2)12-5-4-11(3)8-13(12)23-9-15(20)18-17-14(19)6-7-16(21)22/h4-8,10H,9H2,1-3H3,(H,17,19)(H,18,20)(H,21,22). The van der Waals surface area contributed by atoms with E-state index in [1.165, 1.54) is 0 Å². The maximum absolute atomic E-state index is 11.6. The van der Waals surface area contributed by atoms with Crippen LogP contribution in [-0.4, -0.2) is 29.5 Å². The molecule has 7 heteroatoms. The molecule has 0 spiro atoms. The summed E-state index contributed by atoms with van der Waals surface area (Å²) in [6.07, 6.45) is 1.46. The number of nitrogens with one attached hydrogen (secondary N) is 2. The van der Waals surface area contributed by atoms with Crippen LogP contribution in [-0.2, 0) is 14.4 Å². The largest absolute Gasteiger partial charge is 0.483 e. The van der Waals surface area contributed by atoms with Gasteiger partial charge in [-0.15, -0.1) is 0 Å². The minimum Gasteiger partial charge on any atom is -0.483 e. The summed E-state index contributed by atoms with van der Waals surface area (Å²) in [7, 11) is 0. The van der Waals surface area contributed by atoms with Gasteiger partial charge in [-0.3, -0.25) is 20.4 Å². The summed E-state index contributed by atoms with van der Waals surface area (Å²) >= 11 is 0. The van der Waals surface area contributed by atoms with E-state index in [-0.39, 0.29) is 12.5 Å². The summed E-state index contributed by atoms with van der Waals surface area (Å²) in [5.41, 5.74) is 6.18. The van der Waals surface area contributed by atoms with Crippen LogP contribution < -0.4 is 15.6 Å². The van der Waals surface area contributed by atoms with Gasteiger partial charge in [-0.2, -0.15) is 0 Å². The molecule has 0 unspecified atom stereocenters. The zero-order valence-electron chi connectivity index (χ0n) is 13.3. The lowest BCUT2D eigenvalue weighted by atomic mass is 10.0. The van der Waals surface area contributed by atoms with Gasteiger partial charge in [-0.1, -0.05) is 26.0 Å². The summed E-state index contributed by atoms with van der Waals surface area (Å²) in [4.78, 5) is 33.1. The smallest absolute Gasteiger partial charge is 0.328 e. The summed E-state index contributed by atoms with van der Waals surface area (Å²) in [6, 6.07) is 5.76. The molecule has 0 bridgehead atoms. The normalized spacial score (nSPS) is 10.6. The fourth-order valence-corrected chi connectivity index (χ4v) is 1.74. The van der Waals surface area contributed by atoms with Gasteiger partial charge >= 0.3 is 5.97 Å². The highest BCUT2D eigenvalue weighted by molar-refractivity contribution is 5.94. The first kappa shape index (κ1) is 18.2. The molecule has 0 saturated carbocycles. The molecule has 0 aromatic heterocycles. The Labute approximate surface area is 134 Å². The van der Waals surface area contributed by atoms with E-state index < -0.39 is 17.8 Å². The molecule has 2 amide bonds. The highest BCUT2D eigenvalue weighted by atomic mass is 16.5. The summed E-state index contributed by atoms with van der Waals surface area (Å²) in [6.45, 7) is 5.69. The van der Waals surface area contributed by atoms with Gasteiger partial charge in [0.15, 0.2) is 6.61 Å². The monoisotopic (exact) mass is 320 g/mol. The van der Waals surface area contributed by atoms with E-state index in [1.54, 1.807) is 0 Å². The minimum absolute atomic E-state index is 0.245. The Morgan fingerprint density at radius 2 is 1.91 bits per heavy atom. The summed E-state index contributed by atoms with van der Waals surface area (Å²) < 4.78 is 5.50. The highest BCUT2D eigenvalue weighted by Crippen LogP contribution is 2.27. The zero-order chi connectivity index (χ0) is 17.4. The maximum atomic E-state index is 11.6. The molecule has 0 aliphatic heterocycles. The predicted molar refractivity (Wildman–Crippen MR) is 83.8 cm³/mol. The van der Waals surface area contributed by atoms with Crippen LogP contribution >= 0.6 is 0 Å². The second kappa shape index (κ2) is 8.57. The quantitative estimate of drug-likeness (QED) is 0.541. The van der Waals surface area contributed by atoms with Crippen LogP contribution in [0.25, 0.3) is 0 Å². The fourth-order valence-electron chi connectivity index (χ4n) is 1.74. The molecule has 0 radical (unpaired) electrons. The van der Waals surface area contributed by atoms with Crippen LogP contribution in [0.2, 0.25) is 0 Å². The number of carboxylic acid groups (broad SMARTS) is 1. The van der Waals surface area contributed by atoms with E-state index in [2.05, 4.69) is 10.9 Å². The molecule has 7 nitrogen and oxygen atoms in total. The molecule has 0 saturated heterocycles. The number of ether oxygens (including phenoxy) is 1. The lowest BCUT2D eigenvalue weighted by Crippen LogP contribution is -2.43. The van der Waals surface area contributed by atoms with Crippen LogP contribution in [0.1, 0.15) is 30.9 Å². The van der Waals surface area contributed by atoms with Gasteiger partial charge in [-0.25, -0.2) is 4.79 Å². The van der Waals surface area contributed by atoms with E-state index >= 15 is 0 Å². The molecule has 0 aliphatic rings. The van der Waals surface area contributed by atoms with Gasteiger partial charge in [0.2, 0.25) is 0 Å². The van der Waals surface area contributed by atoms with Gasteiger partial charge in [0.1, 0.15) is 5.75 Å². The van der Waals surface area contributed by atoms with Crippen LogP contribution in [0.3, 0.4) is 0 Å². The number of aryl methyl sites for hydroxylation is 1. The van der Waals surface area contributed by atoms with Crippen molar-refractivity contribution in [3.63, 3.8) is 0 Å². The average Bonchev–Trinajstić information content (AvgIpc) is 2.48. The first-order valence-corrected chi connectivity index (χ1v) is 7.02. The lowest BCUT2D eigenvalue weighted by molar-refractivity contribution is -0.131. The van der Waals surface area contributed by atoms with E-state index in [4.69, 9.17) is 9.84 Å². The number of rotatable bonds is 6. The average molecular weight is 320 g/mol. The summed E-state index contributed by atoms with van der Waals surface area (Å²) in [5.74, 6) is -1.70. The van der Waals surface area contributed by atoms with Crippen molar-refractivity contribution in [3.8, 4) is 5.75 Å². The van der Waals surface area contributed by atoms with E-state index in [9.17, 15) is 14.4 Å². The predicted octanol–water partition coefficient (Wildman–Crippen LogP) is 1.29. The number of carbonyl (C=O) groups excluding carboxylic acids is 2. The second-order valence-electron chi connectivity index (χ2n) is 5.19. The molecule has 1 rings (SSSR count). The Hall–Kier alpha value is -2.83. The van der Waals surface area contributed by atoms with Crippen molar-refractivity contribution in [3.05, 3.63) is 41.5 Å². The first-order valence-electron chi connectivity index (χ1n) is 7.02. The Morgan fingerprint density at radius 3 is 2.52 bits per heavy atom.